The Bertz CT molecular complexity index is 794. The minimum atomic E-state index is -3.17. The van der Waals surface area contributed by atoms with Crippen LogP contribution in [0.25, 0.3) is 17.2 Å². The molecular formula is C16H21N3O4S. The molecule has 0 aliphatic rings. The summed E-state index contributed by atoms with van der Waals surface area (Å²) in [6.45, 7) is 2.36. The van der Waals surface area contributed by atoms with Crippen LogP contribution >= 0.6 is 0 Å². The van der Waals surface area contributed by atoms with Gasteiger partial charge in [-0.1, -0.05) is 12.1 Å². The fourth-order valence-corrected chi connectivity index (χ4v) is 2.89. The summed E-state index contributed by atoms with van der Waals surface area (Å²) in [5, 5.41) is 2.69. The molecule has 0 aliphatic heterocycles. The number of nitrogens with zero attached hydrogens (tertiary/aromatic N) is 2. The zero-order valence-corrected chi connectivity index (χ0v) is 14.5. The van der Waals surface area contributed by atoms with E-state index in [-0.39, 0.29) is 11.7 Å². The molecule has 1 heterocycles. The molecule has 7 nitrogen and oxygen atoms in total. The van der Waals surface area contributed by atoms with Gasteiger partial charge in [-0.25, -0.2) is 17.7 Å². The lowest BCUT2D eigenvalue weighted by atomic mass is 10.3. The van der Waals surface area contributed by atoms with Gasteiger partial charge in [0, 0.05) is 32.3 Å². The molecule has 0 unspecified atom stereocenters. The summed E-state index contributed by atoms with van der Waals surface area (Å²) in [6.07, 6.45) is 3.39. The van der Waals surface area contributed by atoms with Gasteiger partial charge in [0.15, 0.2) is 5.58 Å². The van der Waals surface area contributed by atoms with Gasteiger partial charge in [-0.05, 0) is 25.5 Å². The highest BCUT2D eigenvalue weighted by molar-refractivity contribution is 7.89. The maximum Gasteiger partial charge on any atom is 0.244 e. The first-order chi connectivity index (χ1) is 11.4. The van der Waals surface area contributed by atoms with Crippen LogP contribution in [0.5, 0.6) is 0 Å². The van der Waals surface area contributed by atoms with Gasteiger partial charge in [-0.2, -0.15) is 0 Å². The summed E-state index contributed by atoms with van der Waals surface area (Å²) >= 11 is 0. The van der Waals surface area contributed by atoms with Crippen LogP contribution in [0.4, 0.5) is 0 Å². The van der Waals surface area contributed by atoms with Crippen LogP contribution in [-0.2, 0) is 14.8 Å². The summed E-state index contributed by atoms with van der Waals surface area (Å²) in [4.78, 5) is 16.0. The SMILES string of the molecule is CCS(=O)(=O)N(C)CCCNC(=O)C=Cc1nc2ccccc2o1. The molecule has 24 heavy (non-hydrogen) atoms. The highest BCUT2D eigenvalue weighted by Crippen LogP contribution is 2.15. The van der Waals surface area contributed by atoms with Crippen LogP contribution < -0.4 is 5.32 Å². The molecule has 1 aromatic heterocycles. The minimum absolute atomic E-state index is 0.0725. The number of hydrogen-bond acceptors (Lipinski definition) is 5. The van der Waals surface area contributed by atoms with Gasteiger partial charge in [0.05, 0.1) is 5.75 Å². The van der Waals surface area contributed by atoms with Gasteiger partial charge >= 0.3 is 0 Å². The van der Waals surface area contributed by atoms with Gasteiger partial charge in [-0.3, -0.25) is 4.79 Å². The molecule has 0 saturated heterocycles. The van der Waals surface area contributed by atoms with Crippen LogP contribution in [0.3, 0.4) is 0 Å². The fraction of sp³-hybridized carbons (Fsp3) is 0.375. The highest BCUT2D eigenvalue weighted by atomic mass is 32.2. The van der Waals surface area contributed by atoms with Crippen LogP contribution in [0.2, 0.25) is 0 Å². The van der Waals surface area contributed by atoms with E-state index in [2.05, 4.69) is 10.3 Å². The quantitative estimate of drug-likeness (QED) is 0.576. The van der Waals surface area contributed by atoms with E-state index >= 15 is 0 Å². The van der Waals surface area contributed by atoms with E-state index in [0.29, 0.717) is 31.0 Å². The number of para-hydroxylation sites is 2. The number of benzene rings is 1. The molecule has 0 aliphatic carbocycles. The van der Waals surface area contributed by atoms with Gasteiger partial charge in [-0.15, -0.1) is 0 Å². The van der Waals surface area contributed by atoms with Gasteiger partial charge in [0.1, 0.15) is 5.52 Å². The Hall–Kier alpha value is -2.19. The minimum Gasteiger partial charge on any atom is -0.437 e. The molecule has 0 radical (unpaired) electrons. The number of nitrogens with one attached hydrogen (secondary N) is 1. The zero-order chi connectivity index (χ0) is 17.6. The van der Waals surface area contributed by atoms with E-state index < -0.39 is 10.0 Å². The van der Waals surface area contributed by atoms with Crippen molar-refractivity contribution in [2.24, 2.45) is 0 Å². The second kappa shape index (κ2) is 8.07. The normalized spacial score (nSPS) is 12.3. The molecule has 2 rings (SSSR count). The first-order valence-electron chi connectivity index (χ1n) is 7.68. The number of oxazole rings is 1. The summed E-state index contributed by atoms with van der Waals surface area (Å²) in [5.74, 6) is 0.154. The molecular weight excluding hydrogens is 330 g/mol. The standard InChI is InChI=1S/C16H21N3O4S/c1-3-24(21,22)19(2)12-6-11-17-15(20)9-10-16-18-13-7-4-5-8-14(13)23-16/h4-5,7-10H,3,6,11-12H2,1-2H3,(H,17,20). The Balaban J connectivity index is 1.77. The van der Waals surface area contributed by atoms with Crippen LogP contribution in [0, 0.1) is 0 Å². The lowest BCUT2D eigenvalue weighted by Gasteiger charge is -2.15. The first-order valence-corrected chi connectivity index (χ1v) is 9.29. The number of rotatable bonds is 8. The number of hydrogen-bond donors (Lipinski definition) is 1. The van der Waals surface area contributed by atoms with Crippen LogP contribution in [-0.4, -0.2) is 49.5 Å². The van der Waals surface area contributed by atoms with Crippen molar-refractivity contribution in [1.29, 1.82) is 0 Å². The van der Waals surface area contributed by atoms with Crippen molar-refractivity contribution in [1.82, 2.24) is 14.6 Å². The third-order valence-electron chi connectivity index (χ3n) is 3.48. The highest BCUT2D eigenvalue weighted by Gasteiger charge is 2.13. The fourth-order valence-electron chi connectivity index (χ4n) is 2.04. The van der Waals surface area contributed by atoms with Crippen LogP contribution in [0.15, 0.2) is 34.8 Å². The summed E-state index contributed by atoms with van der Waals surface area (Å²) in [7, 11) is -1.64. The zero-order valence-electron chi connectivity index (χ0n) is 13.7. The maximum absolute atomic E-state index is 11.7. The van der Waals surface area contributed by atoms with Crippen molar-refractivity contribution in [3.8, 4) is 0 Å². The Morgan fingerprint density at radius 1 is 1.38 bits per heavy atom. The van der Waals surface area contributed by atoms with Crippen molar-refractivity contribution in [2.45, 2.75) is 13.3 Å². The molecule has 1 amide bonds. The van der Waals surface area contributed by atoms with Gasteiger partial charge in [0.25, 0.3) is 0 Å². The molecule has 0 fully saturated rings. The Labute approximate surface area is 141 Å². The molecule has 1 N–H and O–H groups in total. The topological polar surface area (TPSA) is 92.5 Å². The summed E-state index contributed by atoms with van der Waals surface area (Å²) < 4.78 is 29.9. The van der Waals surface area contributed by atoms with Crippen molar-refractivity contribution < 1.29 is 17.6 Å². The third kappa shape index (κ3) is 4.90. The number of carbonyl (C=O) groups excluding carboxylic acids is 1. The monoisotopic (exact) mass is 351 g/mol. The Morgan fingerprint density at radius 2 is 2.12 bits per heavy atom. The lowest BCUT2D eigenvalue weighted by Crippen LogP contribution is -2.32. The first kappa shape index (κ1) is 18.2. The molecule has 8 heteroatoms. The van der Waals surface area contributed by atoms with Crippen molar-refractivity contribution in [3.63, 3.8) is 0 Å². The number of sulfonamides is 1. The summed E-state index contributed by atoms with van der Waals surface area (Å²) in [6, 6.07) is 7.35. The molecule has 0 saturated carbocycles. The molecule has 2 aromatic rings. The van der Waals surface area contributed by atoms with E-state index in [9.17, 15) is 13.2 Å². The van der Waals surface area contributed by atoms with Crippen molar-refractivity contribution >= 4 is 33.1 Å². The van der Waals surface area contributed by atoms with E-state index in [1.807, 2.05) is 18.2 Å². The molecule has 1 aromatic carbocycles. The Kier molecular flexibility index (Phi) is 6.10. The molecule has 0 bridgehead atoms. The van der Waals surface area contributed by atoms with E-state index in [1.54, 1.807) is 13.0 Å². The van der Waals surface area contributed by atoms with Crippen molar-refractivity contribution in [3.05, 3.63) is 36.2 Å². The number of amides is 1. The number of fused-ring (bicyclic) bond motifs is 1. The summed E-state index contributed by atoms with van der Waals surface area (Å²) in [5.41, 5.74) is 1.40. The maximum atomic E-state index is 11.7. The molecule has 0 atom stereocenters. The van der Waals surface area contributed by atoms with E-state index in [1.165, 1.54) is 23.5 Å². The predicted molar refractivity (Wildman–Crippen MR) is 92.8 cm³/mol. The largest absolute Gasteiger partial charge is 0.437 e. The second-order valence-corrected chi connectivity index (χ2v) is 7.58. The number of aromatic nitrogens is 1. The predicted octanol–water partition coefficient (Wildman–Crippen LogP) is 1.63. The number of carbonyl (C=O) groups is 1. The average molecular weight is 351 g/mol. The third-order valence-corrected chi connectivity index (χ3v) is 5.34. The van der Waals surface area contributed by atoms with Crippen LogP contribution in [0.1, 0.15) is 19.2 Å². The second-order valence-electron chi connectivity index (χ2n) is 5.22. The lowest BCUT2D eigenvalue weighted by molar-refractivity contribution is -0.116. The molecule has 130 valence electrons. The van der Waals surface area contributed by atoms with E-state index in [0.717, 1.165) is 5.52 Å². The van der Waals surface area contributed by atoms with Crippen molar-refractivity contribution in [2.75, 3.05) is 25.9 Å². The molecule has 0 spiro atoms. The Morgan fingerprint density at radius 3 is 2.83 bits per heavy atom. The smallest absolute Gasteiger partial charge is 0.244 e. The van der Waals surface area contributed by atoms with Gasteiger partial charge < -0.3 is 9.73 Å². The van der Waals surface area contributed by atoms with E-state index in [4.69, 9.17) is 4.42 Å². The van der Waals surface area contributed by atoms with Gasteiger partial charge in [0.2, 0.25) is 21.8 Å². The average Bonchev–Trinajstić information content (AvgIpc) is 2.99.